The molecule has 3 aromatic rings. The van der Waals surface area contributed by atoms with Gasteiger partial charge in [-0.05, 0) is 23.3 Å². The Morgan fingerprint density at radius 1 is 0.750 bits per heavy atom. The van der Waals surface area contributed by atoms with Crippen molar-refractivity contribution in [3.63, 3.8) is 0 Å². The van der Waals surface area contributed by atoms with E-state index in [4.69, 9.17) is 4.74 Å². The average molecular weight is 317 g/mol. The number of amides is 1. The minimum atomic E-state index is -0.439. The van der Waals surface area contributed by atoms with E-state index in [0.29, 0.717) is 0 Å². The molecule has 3 rings (SSSR count). The molecule has 3 heteroatoms. The number of carbonyl (C=O) groups excluding carboxylic acids is 1. The van der Waals surface area contributed by atoms with Crippen LogP contribution in [0.2, 0.25) is 0 Å². The minimum absolute atomic E-state index is 0.390. The summed E-state index contributed by atoms with van der Waals surface area (Å²) < 4.78 is 5.83. The van der Waals surface area contributed by atoms with Gasteiger partial charge in [-0.15, -0.1) is 0 Å². The SMILES string of the molecule is CN(C(=O)OC(c1ccccc1)c1ccccc1)c1ccccc1. The van der Waals surface area contributed by atoms with Crippen LogP contribution in [0.1, 0.15) is 17.2 Å². The van der Waals surface area contributed by atoms with E-state index in [0.717, 1.165) is 16.8 Å². The fourth-order valence-electron chi connectivity index (χ4n) is 2.52. The highest BCUT2D eigenvalue weighted by Crippen LogP contribution is 2.27. The lowest BCUT2D eigenvalue weighted by molar-refractivity contribution is 0.125. The molecule has 120 valence electrons. The van der Waals surface area contributed by atoms with Crippen LogP contribution in [0.5, 0.6) is 0 Å². The number of rotatable bonds is 4. The normalized spacial score (nSPS) is 10.4. The number of anilines is 1. The van der Waals surface area contributed by atoms with Crippen molar-refractivity contribution in [2.24, 2.45) is 0 Å². The molecule has 3 nitrogen and oxygen atoms in total. The topological polar surface area (TPSA) is 29.5 Å². The quantitative estimate of drug-likeness (QED) is 0.674. The number of para-hydroxylation sites is 1. The van der Waals surface area contributed by atoms with Crippen LogP contribution in [0.4, 0.5) is 10.5 Å². The average Bonchev–Trinajstić information content (AvgIpc) is 2.67. The maximum Gasteiger partial charge on any atom is 0.414 e. The molecule has 0 N–H and O–H groups in total. The molecule has 1 amide bonds. The first-order valence-corrected chi connectivity index (χ1v) is 7.85. The predicted octanol–water partition coefficient (Wildman–Crippen LogP) is 5.05. The van der Waals surface area contributed by atoms with Gasteiger partial charge in [0.1, 0.15) is 0 Å². The second kappa shape index (κ2) is 7.47. The van der Waals surface area contributed by atoms with Crippen LogP contribution in [0, 0.1) is 0 Å². The molecular formula is C21H19NO2. The zero-order valence-corrected chi connectivity index (χ0v) is 13.5. The molecule has 0 aliphatic carbocycles. The summed E-state index contributed by atoms with van der Waals surface area (Å²) in [4.78, 5) is 14.1. The summed E-state index contributed by atoms with van der Waals surface area (Å²) in [6.07, 6.45) is -0.829. The second-order valence-corrected chi connectivity index (χ2v) is 5.48. The summed E-state index contributed by atoms with van der Waals surface area (Å²) >= 11 is 0. The van der Waals surface area contributed by atoms with Gasteiger partial charge < -0.3 is 4.74 Å². The predicted molar refractivity (Wildman–Crippen MR) is 96.1 cm³/mol. The molecule has 0 aromatic heterocycles. The van der Waals surface area contributed by atoms with Crippen LogP contribution in [0.3, 0.4) is 0 Å². The van der Waals surface area contributed by atoms with Crippen LogP contribution in [-0.4, -0.2) is 13.1 Å². The standard InChI is InChI=1S/C21H19NO2/c1-22(19-15-9-4-10-16-19)21(23)24-20(17-11-5-2-6-12-17)18-13-7-3-8-14-18/h2-16,20H,1H3. The zero-order valence-electron chi connectivity index (χ0n) is 13.5. The van der Waals surface area contributed by atoms with Crippen LogP contribution in [0.25, 0.3) is 0 Å². The summed E-state index contributed by atoms with van der Waals surface area (Å²) in [5, 5.41) is 0. The third kappa shape index (κ3) is 3.63. The second-order valence-electron chi connectivity index (χ2n) is 5.48. The monoisotopic (exact) mass is 317 g/mol. The van der Waals surface area contributed by atoms with Crippen molar-refractivity contribution in [2.75, 3.05) is 11.9 Å². The van der Waals surface area contributed by atoms with Gasteiger partial charge in [-0.3, -0.25) is 4.90 Å². The molecule has 0 aliphatic rings. The number of ether oxygens (including phenoxy) is 1. The van der Waals surface area contributed by atoms with Crippen molar-refractivity contribution >= 4 is 11.8 Å². The fraction of sp³-hybridized carbons (Fsp3) is 0.0952. The lowest BCUT2D eigenvalue weighted by Crippen LogP contribution is -2.28. The summed E-state index contributed by atoms with van der Waals surface area (Å²) in [6, 6.07) is 29.0. The van der Waals surface area contributed by atoms with E-state index >= 15 is 0 Å². The first kappa shape index (κ1) is 15.8. The summed E-state index contributed by atoms with van der Waals surface area (Å²) in [5.41, 5.74) is 2.68. The summed E-state index contributed by atoms with van der Waals surface area (Å²) in [7, 11) is 1.71. The van der Waals surface area contributed by atoms with Crippen molar-refractivity contribution in [1.82, 2.24) is 0 Å². The van der Waals surface area contributed by atoms with E-state index in [1.165, 1.54) is 4.90 Å². The van der Waals surface area contributed by atoms with Gasteiger partial charge in [0.2, 0.25) is 0 Å². The van der Waals surface area contributed by atoms with Gasteiger partial charge in [-0.1, -0.05) is 78.9 Å². The molecular weight excluding hydrogens is 298 g/mol. The first-order chi connectivity index (χ1) is 11.8. The molecule has 0 unspecified atom stereocenters. The van der Waals surface area contributed by atoms with Gasteiger partial charge in [0.15, 0.2) is 6.10 Å². The van der Waals surface area contributed by atoms with Crippen molar-refractivity contribution < 1.29 is 9.53 Å². The van der Waals surface area contributed by atoms with Crippen molar-refractivity contribution in [2.45, 2.75) is 6.10 Å². The highest BCUT2D eigenvalue weighted by molar-refractivity contribution is 5.87. The maximum atomic E-state index is 12.6. The molecule has 0 radical (unpaired) electrons. The molecule has 0 bridgehead atoms. The Labute approximate surface area is 142 Å². The molecule has 24 heavy (non-hydrogen) atoms. The third-order valence-corrected chi connectivity index (χ3v) is 3.84. The van der Waals surface area contributed by atoms with Crippen LogP contribution in [-0.2, 0) is 4.74 Å². The molecule has 0 saturated heterocycles. The molecule has 0 spiro atoms. The summed E-state index contributed by atoms with van der Waals surface area (Å²) in [5.74, 6) is 0. The fourth-order valence-corrected chi connectivity index (χ4v) is 2.52. The van der Waals surface area contributed by atoms with Gasteiger partial charge in [0, 0.05) is 12.7 Å². The molecule has 0 heterocycles. The maximum absolute atomic E-state index is 12.6. The Balaban J connectivity index is 1.86. The molecule has 0 aliphatic heterocycles. The van der Waals surface area contributed by atoms with Crippen LogP contribution >= 0.6 is 0 Å². The highest BCUT2D eigenvalue weighted by Gasteiger charge is 2.21. The number of hydrogen-bond acceptors (Lipinski definition) is 2. The number of hydrogen-bond donors (Lipinski definition) is 0. The molecule has 0 atom stereocenters. The Morgan fingerprint density at radius 3 is 1.62 bits per heavy atom. The molecule has 0 saturated carbocycles. The van der Waals surface area contributed by atoms with E-state index in [9.17, 15) is 4.79 Å². The Kier molecular flexibility index (Phi) is 4.92. The Hall–Kier alpha value is -3.07. The Morgan fingerprint density at radius 2 is 1.17 bits per heavy atom. The lowest BCUT2D eigenvalue weighted by Gasteiger charge is -2.23. The van der Waals surface area contributed by atoms with Crippen LogP contribution < -0.4 is 4.90 Å². The molecule has 3 aromatic carbocycles. The van der Waals surface area contributed by atoms with Crippen molar-refractivity contribution in [1.29, 1.82) is 0 Å². The third-order valence-electron chi connectivity index (χ3n) is 3.84. The van der Waals surface area contributed by atoms with Crippen LogP contribution in [0.15, 0.2) is 91.0 Å². The lowest BCUT2D eigenvalue weighted by atomic mass is 10.0. The Bertz CT molecular complexity index is 733. The number of carbonyl (C=O) groups is 1. The first-order valence-electron chi connectivity index (χ1n) is 7.85. The van der Waals surface area contributed by atoms with Crippen molar-refractivity contribution in [3.05, 3.63) is 102 Å². The van der Waals surface area contributed by atoms with E-state index in [2.05, 4.69) is 0 Å². The van der Waals surface area contributed by atoms with Crippen molar-refractivity contribution in [3.8, 4) is 0 Å². The van der Waals surface area contributed by atoms with Gasteiger partial charge in [0.25, 0.3) is 0 Å². The number of nitrogens with zero attached hydrogens (tertiary/aromatic N) is 1. The van der Waals surface area contributed by atoms with E-state index in [1.54, 1.807) is 7.05 Å². The van der Waals surface area contributed by atoms with Gasteiger partial charge >= 0.3 is 6.09 Å². The van der Waals surface area contributed by atoms with E-state index < -0.39 is 6.10 Å². The smallest absolute Gasteiger partial charge is 0.414 e. The van der Waals surface area contributed by atoms with Gasteiger partial charge in [-0.25, -0.2) is 4.79 Å². The largest absolute Gasteiger partial charge is 0.436 e. The number of benzene rings is 3. The van der Waals surface area contributed by atoms with Gasteiger partial charge in [-0.2, -0.15) is 0 Å². The zero-order chi connectivity index (χ0) is 16.8. The van der Waals surface area contributed by atoms with E-state index in [-0.39, 0.29) is 6.09 Å². The summed E-state index contributed by atoms with van der Waals surface area (Å²) in [6.45, 7) is 0. The molecule has 0 fully saturated rings. The minimum Gasteiger partial charge on any atom is -0.436 e. The van der Waals surface area contributed by atoms with E-state index in [1.807, 2.05) is 91.0 Å². The highest BCUT2D eigenvalue weighted by atomic mass is 16.6. The van der Waals surface area contributed by atoms with Gasteiger partial charge in [0.05, 0.1) is 0 Å².